The molecule has 1 N–H and O–H groups in total. The minimum Gasteiger partial charge on any atom is -0.496 e. The molecule has 1 rings (SSSR count). The Bertz CT molecular complexity index is 393. The molecule has 0 spiro atoms. The third-order valence-corrected chi connectivity index (χ3v) is 2.20. The molecule has 0 amide bonds. The quantitative estimate of drug-likeness (QED) is 0.831. The fourth-order valence-corrected chi connectivity index (χ4v) is 1.24. The SMILES string of the molecule is CO/C(=C/[C@H](O)C(F)(F)F)c1ccc(C)cc1. The van der Waals surface area contributed by atoms with Gasteiger partial charge in [0.2, 0.25) is 0 Å². The van der Waals surface area contributed by atoms with Gasteiger partial charge in [0, 0.05) is 5.56 Å². The third-order valence-electron chi connectivity index (χ3n) is 2.20. The highest BCUT2D eigenvalue weighted by atomic mass is 19.4. The van der Waals surface area contributed by atoms with Crippen LogP contribution < -0.4 is 0 Å². The lowest BCUT2D eigenvalue weighted by Gasteiger charge is -2.13. The van der Waals surface area contributed by atoms with Crippen molar-refractivity contribution in [2.45, 2.75) is 19.2 Å². The number of benzene rings is 1. The van der Waals surface area contributed by atoms with Gasteiger partial charge in [-0.25, -0.2) is 0 Å². The number of halogens is 3. The Morgan fingerprint density at radius 2 is 1.82 bits per heavy atom. The Labute approximate surface area is 97.3 Å². The van der Waals surface area contributed by atoms with Crippen LogP contribution in [0.15, 0.2) is 30.3 Å². The molecule has 0 aliphatic rings. The summed E-state index contributed by atoms with van der Waals surface area (Å²) < 4.78 is 41.4. The van der Waals surface area contributed by atoms with Gasteiger partial charge in [-0.05, 0) is 13.0 Å². The van der Waals surface area contributed by atoms with Crippen molar-refractivity contribution in [3.05, 3.63) is 41.5 Å². The van der Waals surface area contributed by atoms with E-state index < -0.39 is 12.3 Å². The molecule has 94 valence electrons. The predicted octanol–water partition coefficient (Wildman–Crippen LogP) is 2.91. The van der Waals surface area contributed by atoms with Crippen LogP contribution in [0, 0.1) is 6.92 Å². The summed E-state index contributed by atoms with van der Waals surface area (Å²) >= 11 is 0. The predicted molar refractivity (Wildman–Crippen MR) is 58.2 cm³/mol. The van der Waals surface area contributed by atoms with E-state index in [0.717, 1.165) is 5.56 Å². The number of hydrogen-bond donors (Lipinski definition) is 1. The lowest BCUT2D eigenvalue weighted by Crippen LogP contribution is -2.26. The molecule has 0 aliphatic carbocycles. The lowest BCUT2D eigenvalue weighted by atomic mass is 10.1. The van der Waals surface area contributed by atoms with Gasteiger partial charge in [0.25, 0.3) is 0 Å². The lowest BCUT2D eigenvalue weighted by molar-refractivity contribution is -0.187. The maximum atomic E-state index is 12.2. The first-order valence-electron chi connectivity index (χ1n) is 4.92. The minimum atomic E-state index is -4.69. The van der Waals surface area contributed by atoms with Crippen LogP contribution in [0.25, 0.3) is 5.76 Å². The van der Waals surface area contributed by atoms with Crippen molar-refractivity contribution in [2.75, 3.05) is 7.11 Å². The first kappa shape index (κ1) is 13.6. The average Bonchev–Trinajstić information content (AvgIpc) is 2.25. The summed E-state index contributed by atoms with van der Waals surface area (Å²) in [6.45, 7) is 1.87. The van der Waals surface area contributed by atoms with Crippen LogP contribution in [0.4, 0.5) is 13.2 Å². The Morgan fingerprint density at radius 1 is 1.29 bits per heavy atom. The molecule has 0 aliphatic heterocycles. The number of aliphatic hydroxyl groups is 1. The fraction of sp³-hybridized carbons (Fsp3) is 0.333. The number of rotatable bonds is 3. The van der Waals surface area contributed by atoms with Crippen LogP contribution in [-0.2, 0) is 4.74 Å². The zero-order valence-electron chi connectivity index (χ0n) is 9.45. The van der Waals surface area contributed by atoms with Gasteiger partial charge in [-0.1, -0.05) is 29.8 Å². The summed E-state index contributed by atoms with van der Waals surface area (Å²) in [4.78, 5) is 0. The maximum Gasteiger partial charge on any atom is 0.418 e. The summed E-state index contributed by atoms with van der Waals surface area (Å²) in [5, 5.41) is 8.92. The first-order valence-corrected chi connectivity index (χ1v) is 4.92. The monoisotopic (exact) mass is 246 g/mol. The highest BCUT2D eigenvalue weighted by Crippen LogP contribution is 2.24. The molecule has 0 saturated carbocycles. The number of methoxy groups -OCH3 is 1. The number of alkyl halides is 3. The van der Waals surface area contributed by atoms with Gasteiger partial charge in [0.15, 0.2) is 6.10 Å². The topological polar surface area (TPSA) is 29.5 Å². The van der Waals surface area contributed by atoms with Crippen molar-refractivity contribution >= 4 is 5.76 Å². The molecule has 5 heteroatoms. The minimum absolute atomic E-state index is 0.00479. The van der Waals surface area contributed by atoms with E-state index in [1.165, 1.54) is 7.11 Å². The smallest absolute Gasteiger partial charge is 0.418 e. The molecule has 0 fully saturated rings. The van der Waals surface area contributed by atoms with Gasteiger partial charge in [0.05, 0.1) is 7.11 Å². The van der Waals surface area contributed by atoms with Crippen LogP contribution in [0.3, 0.4) is 0 Å². The van der Waals surface area contributed by atoms with Crippen molar-refractivity contribution in [2.24, 2.45) is 0 Å². The van der Waals surface area contributed by atoms with Gasteiger partial charge in [-0.2, -0.15) is 13.2 Å². The van der Waals surface area contributed by atoms with Crippen LogP contribution in [0.2, 0.25) is 0 Å². The molecule has 17 heavy (non-hydrogen) atoms. The summed E-state index contributed by atoms with van der Waals surface area (Å²) in [5.41, 5.74) is 1.47. The van der Waals surface area contributed by atoms with E-state index in [1.807, 2.05) is 6.92 Å². The summed E-state index contributed by atoms with van der Waals surface area (Å²) in [6, 6.07) is 6.77. The Kier molecular flexibility index (Phi) is 4.17. The van der Waals surface area contributed by atoms with E-state index in [4.69, 9.17) is 9.84 Å². The van der Waals surface area contributed by atoms with Gasteiger partial charge < -0.3 is 9.84 Å². The standard InChI is InChI=1S/C12H13F3O2/c1-8-3-5-9(6-4-8)10(17-2)7-11(16)12(13,14)15/h3-7,11,16H,1-2H3/b10-7+/t11-/m0/s1. The largest absolute Gasteiger partial charge is 0.496 e. The van der Waals surface area contributed by atoms with Crippen molar-refractivity contribution < 1.29 is 23.0 Å². The highest BCUT2D eigenvalue weighted by molar-refractivity contribution is 5.60. The Hall–Kier alpha value is -1.49. The molecule has 2 nitrogen and oxygen atoms in total. The molecule has 0 radical (unpaired) electrons. The Morgan fingerprint density at radius 3 is 2.24 bits per heavy atom. The second-order valence-electron chi connectivity index (χ2n) is 3.59. The van der Waals surface area contributed by atoms with E-state index in [1.54, 1.807) is 24.3 Å². The molecule has 0 heterocycles. The normalized spacial score (nSPS) is 14.6. The van der Waals surface area contributed by atoms with Crippen molar-refractivity contribution in [1.82, 2.24) is 0 Å². The van der Waals surface area contributed by atoms with Crippen LogP contribution in [0.1, 0.15) is 11.1 Å². The molecule has 0 unspecified atom stereocenters. The summed E-state index contributed by atoms with van der Waals surface area (Å²) in [6.07, 6.45) is -6.57. The molecular formula is C12H13F3O2. The molecule has 0 aromatic heterocycles. The average molecular weight is 246 g/mol. The number of ether oxygens (including phenoxy) is 1. The molecule has 0 saturated heterocycles. The summed E-state index contributed by atoms with van der Waals surface area (Å²) in [5.74, 6) is -0.00479. The molecule has 0 bridgehead atoms. The zero-order valence-corrected chi connectivity index (χ0v) is 9.45. The van der Waals surface area contributed by atoms with Crippen LogP contribution >= 0.6 is 0 Å². The molecule has 1 atom stereocenters. The second kappa shape index (κ2) is 5.23. The van der Waals surface area contributed by atoms with E-state index >= 15 is 0 Å². The van der Waals surface area contributed by atoms with E-state index in [2.05, 4.69) is 0 Å². The maximum absolute atomic E-state index is 12.2. The Balaban J connectivity index is 2.99. The van der Waals surface area contributed by atoms with Crippen LogP contribution in [0.5, 0.6) is 0 Å². The van der Waals surface area contributed by atoms with E-state index in [-0.39, 0.29) is 5.76 Å². The zero-order chi connectivity index (χ0) is 13.1. The third kappa shape index (κ3) is 3.78. The van der Waals surface area contributed by atoms with Gasteiger partial charge in [-0.15, -0.1) is 0 Å². The second-order valence-corrected chi connectivity index (χ2v) is 3.59. The van der Waals surface area contributed by atoms with Crippen molar-refractivity contribution in [3.8, 4) is 0 Å². The highest BCUT2D eigenvalue weighted by Gasteiger charge is 2.37. The van der Waals surface area contributed by atoms with Crippen molar-refractivity contribution in [3.63, 3.8) is 0 Å². The van der Waals surface area contributed by atoms with Gasteiger partial charge >= 0.3 is 6.18 Å². The molecule has 1 aromatic carbocycles. The number of aliphatic hydroxyl groups excluding tert-OH is 1. The number of aryl methyl sites for hydroxylation is 1. The fourth-order valence-electron chi connectivity index (χ4n) is 1.24. The van der Waals surface area contributed by atoms with Crippen LogP contribution in [-0.4, -0.2) is 24.5 Å². The van der Waals surface area contributed by atoms with E-state index in [9.17, 15) is 13.2 Å². The van der Waals surface area contributed by atoms with E-state index in [0.29, 0.717) is 11.6 Å². The van der Waals surface area contributed by atoms with Gasteiger partial charge in [0.1, 0.15) is 5.76 Å². The first-order chi connectivity index (χ1) is 7.84. The molecular weight excluding hydrogens is 233 g/mol. The number of hydrogen-bond acceptors (Lipinski definition) is 2. The van der Waals surface area contributed by atoms with Gasteiger partial charge in [-0.3, -0.25) is 0 Å². The van der Waals surface area contributed by atoms with Crippen molar-refractivity contribution in [1.29, 1.82) is 0 Å². The molecule has 1 aromatic rings. The summed E-state index contributed by atoms with van der Waals surface area (Å²) in [7, 11) is 1.26.